The molecule has 9 heteroatoms. The number of rotatable bonds is 7. The quantitative estimate of drug-likeness (QED) is 0.311. The standard InChI is InChI=1S/C22H20N4O4S/c1-3-12-25-17-7-5-4-6-15(17)23-21(25)19-10-11-20(31-19)22(27)24-16-9-8-14(30-2)13-18(16)26(28)29/h4-11,13H,3,12H2,1-2H3,(H,24,27). The molecule has 0 saturated heterocycles. The second-order valence-electron chi connectivity index (χ2n) is 6.83. The minimum absolute atomic E-state index is 0.115. The number of anilines is 1. The highest BCUT2D eigenvalue weighted by Crippen LogP contribution is 2.33. The Balaban J connectivity index is 1.64. The van der Waals surface area contributed by atoms with Crippen LogP contribution in [0.25, 0.3) is 21.7 Å². The third kappa shape index (κ3) is 3.99. The number of nitrogens with zero attached hydrogens (tertiary/aromatic N) is 3. The normalized spacial score (nSPS) is 10.9. The van der Waals surface area contributed by atoms with E-state index in [2.05, 4.69) is 16.8 Å². The number of hydrogen-bond donors (Lipinski definition) is 1. The monoisotopic (exact) mass is 436 g/mol. The van der Waals surface area contributed by atoms with Crippen LogP contribution >= 0.6 is 11.3 Å². The summed E-state index contributed by atoms with van der Waals surface area (Å²) < 4.78 is 7.18. The van der Waals surface area contributed by atoms with Crippen LogP contribution in [0, 0.1) is 10.1 Å². The van der Waals surface area contributed by atoms with Gasteiger partial charge < -0.3 is 14.6 Å². The number of benzene rings is 2. The number of nitro benzene ring substituents is 1. The van der Waals surface area contributed by atoms with Gasteiger partial charge in [-0.3, -0.25) is 14.9 Å². The number of carbonyl (C=O) groups excluding carboxylic acids is 1. The lowest BCUT2D eigenvalue weighted by Crippen LogP contribution is -2.11. The van der Waals surface area contributed by atoms with E-state index in [1.54, 1.807) is 12.1 Å². The maximum Gasteiger partial charge on any atom is 0.296 e. The van der Waals surface area contributed by atoms with Crippen molar-refractivity contribution in [3.05, 3.63) is 69.6 Å². The zero-order valence-corrected chi connectivity index (χ0v) is 17.8. The number of thiophene rings is 1. The molecule has 158 valence electrons. The first-order valence-electron chi connectivity index (χ1n) is 9.71. The molecular formula is C22H20N4O4S. The molecule has 1 amide bonds. The zero-order chi connectivity index (χ0) is 22.0. The number of hydrogen-bond acceptors (Lipinski definition) is 6. The van der Waals surface area contributed by atoms with Gasteiger partial charge in [-0.2, -0.15) is 0 Å². The molecule has 2 aromatic carbocycles. The molecule has 2 aromatic heterocycles. The van der Waals surface area contributed by atoms with Crippen molar-refractivity contribution < 1.29 is 14.5 Å². The Labute approximate surface area is 182 Å². The van der Waals surface area contributed by atoms with Crippen LogP contribution in [0.4, 0.5) is 11.4 Å². The first-order chi connectivity index (χ1) is 15.0. The van der Waals surface area contributed by atoms with Crippen LogP contribution in [0.5, 0.6) is 5.75 Å². The lowest BCUT2D eigenvalue weighted by molar-refractivity contribution is -0.384. The fourth-order valence-corrected chi connectivity index (χ4v) is 4.27. The highest BCUT2D eigenvalue weighted by Gasteiger charge is 2.20. The Morgan fingerprint density at radius 3 is 2.77 bits per heavy atom. The van der Waals surface area contributed by atoms with E-state index in [0.717, 1.165) is 34.7 Å². The maximum absolute atomic E-state index is 12.8. The molecular weight excluding hydrogens is 416 g/mol. The lowest BCUT2D eigenvalue weighted by Gasteiger charge is -2.07. The van der Waals surface area contributed by atoms with Crippen molar-refractivity contribution in [3.63, 3.8) is 0 Å². The molecule has 2 heterocycles. The minimum atomic E-state index is -0.551. The first-order valence-corrected chi connectivity index (χ1v) is 10.5. The van der Waals surface area contributed by atoms with E-state index in [4.69, 9.17) is 9.72 Å². The van der Waals surface area contributed by atoms with Crippen LogP contribution in [0.2, 0.25) is 0 Å². The van der Waals surface area contributed by atoms with Crippen LogP contribution in [-0.4, -0.2) is 27.5 Å². The van der Waals surface area contributed by atoms with Gasteiger partial charge in [0.15, 0.2) is 5.82 Å². The van der Waals surface area contributed by atoms with Crippen LogP contribution in [0.3, 0.4) is 0 Å². The molecule has 0 aliphatic heterocycles. The summed E-state index contributed by atoms with van der Waals surface area (Å²) in [4.78, 5) is 29.7. The van der Waals surface area contributed by atoms with Gasteiger partial charge in [-0.25, -0.2) is 4.98 Å². The van der Waals surface area contributed by atoms with Crippen molar-refractivity contribution in [2.24, 2.45) is 0 Å². The number of aromatic nitrogens is 2. The molecule has 0 bridgehead atoms. The highest BCUT2D eigenvalue weighted by molar-refractivity contribution is 7.17. The smallest absolute Gasteiger partial charge is 0.296 e. The Morgan fingerprint density at radius 1 is 1.23 bits per heavy atom. The predicted molar refractivity (Wildman–Crippen MR) is 121 cm³/mol. The predicted octanol–water partition coefficient (Wildman–Crippen LogP) is 5.34. The van der Waals surface area contributed by atoms with Gasteiger partial charge in [-0.05, 0) is 42.8 Å². The summed E-state index contributed by atoms with van der Waals surface area (Å²) in [5.74, 6) is 0.739. The Hall–Kier alpha value is -3.72. The zero-order valence-electron chi connectivity index (χ0n) is 17.0. The third-order valence-electron chi connectivity index (χ3n) is 4.80. The molecule has 0 aliphatic rings. The molecule has 0 radical (unpaired) electrons. The van der Waals surface area contributed by atoms with Gasteiger partial charge >= 0.3 is 0 Å². The summed E-state index contributed by atoms with van der Waals surface area (Å²) in [6.45, 7) is 2.92. The number of methoxy groups -OCH3 is 1. The van der Waals surface area contributed by atoms with Crippen molar-refractivity contribution in [3.8, 4) is 16.5 Å². The summed E-state index contributed by atoms with van der Waals surface area (Å²) in [5, 5.41) is 14.0. The van der Waals surface area contributed by atoms with Crippen molar-refractivity contribution in [1.82, 2.24) is 9.55 Å². The molecule has 0 aliphatic carbocycles. The number of ether oxygens (including phenoxy) is 1. The number of amides is 1. The number of aryl methyl sites for hydroxylation is 1. The highest BCUT2D eigenvalue weighted by atomic mass is 32.1. The van der Waals surface area contributed by atoms with Gasteiger partial charge in [-0.1, -0.05) is 19.1 Å². The fourth-order valence-electron chi connectivity index (χ4n) is 3.37. The summed E-state index contributed by atoms with van der Waals surface area (Å²) in [6.07, 6.45) is 0.952. The number of fused-ring (bicyclic) bond motifs is 1. The first kappa shape index (κ1) is 20.5. The van der Waals surface area contributed by atoms with Crippen LogP contribution < -0.4 is 10.1 Å². The van der Waals surface area contributed by atoms with Crippen molar-refractivity contribution in [2.45, 2.75) is 19.9 Å². The van der Waals surface area contributed by atoms with E-state index in [1.165, 1.54) is 30.6 Å². The number of nitro groups is 1. The molecule has 0 atom stereocenters. The van der Waals surface area contributed by atoms with Gasteiger partial charge in [0.05, 0.1) is 38.9 Å². The number of imidazole rings is 1. The molecule has 4 rings (SSSR count). The average molecular weight is 436 g/mol. The van der Waals surface area contributed by atoms with Crippen LogP contribution in [-0.2, 0) is 6.54 Å². The number of carbonyl (C=O) groups is 1. The van der Waals surface area contributed by atoms with Crippen molar-refractivity contribution in [2.75, 3.05) is 12.4 Å². The van der Waals surface area contributed by atoms with Crippen molar-refractivity contribution >= 4 is 39.7 Å². The van der Waals surface area contributed by atoms with E-state index in [9.17, 15) is 14.9 Å². The molecule has 8 nitrogen and oxygen atoms in total. The summed E-state index contributed by atoms with van der Waals surface area (Å²) in [5.41, 5.74) is 1.84. The molecule has 0 spiro atoms. The summed E-state index contributed by atoms with van der Waals surface area (Å²) in [6, 6.07) is 15.8. The van der Waals surface area contributed by atoms with E-state index in [0.29, 0.717) is 10.6 Å². The van der Waals surface area contributed by atoms with Gasteiger partial charge in [0.1, 0.15) is 11.4 Å². The molecule has 0 saturated carbocycles. The molecule has 0 fully saturated rings. The van der Waals surface area contributed by atoms with Crippen LogP contribution in [0.1, 0.15) is 23.0 Å². The molecule has 31 heavy (non-hydrogen) atoms. The second kappa shape index (κ2) is 8.57. The van der Waals surface area contributed by atoms with Gasteiger partial charge in [0, 0.05) is 6.54 Å². The Bertz CT molecular complexity index is 1280. The largest absolute Gasteiger partial charge is 0.496 e. The average Bonchev–Trinajstić information content (AvgIpc) is 3.39. The van der Waals surface area contributed by atoms with E-state index in [1.807, 2.05) is 30.3 Å². The molecule has 1 N–H and O–H groups in total. The maximum atomic E-state index is 12.8. The third-order valence-corrected chi connectivity index (χ3v) is 5.88. The number of nitrogens with one attached hydrogen (secondary N) is 1. The lowest BCUT2D eigenvalue weighted by atomic mass is 10.2. The Kier molecular flexibility index (Phi) is 5.68. The second-order valence-corrected chi connectivity index (χ2v) is 7.92. The Morgan fingerprint density at radius 2 is 2.03 bits per heavy atom. The SMILES string of the molecule is CCCn1c(-c2ccc(C(=O)Nc3ccc(OC)cc3[N+](=O)[O-])s2)nc2ccccc21. The van der Waals surface area contributed by atoms with E-state index in [-0.39, 0.29) is 11.4 Å². The van der Waals surface area contributed by atoms with Gasteiger partial charge in [0.25, 0.3) is 11.6 Å². The van der Waals surface area contributed by atoms with Gasteiger partial charge in [0.2, 0.25) is 0 Å². The van der Waals surface area contributed by atoms with E-state index < -0.39 is 10.8 Å². The summed E-state index contributed by atoms with van der Waals surface area (Å²) in [7, 11) is 1.43. The van der Waals surface area contributed by atoms with E-state index >= 15 is 0 Å². The minimum Gasteiger partial charge on any atom is -0.496 e. The molecule has 4 aromatic rings. The fraction of sp³-hybridized carbons (Fsp3) is 0.182. The van der Waals surface area contributed by atoms with Crippen LogP contribution in [0.15, 0.2) is 54.6 Å². The van der Waals surface area contributed by atoms with Crippen molar-refractivity contribution in [1.29, 1.82) is 0 Å². The van der Waals surface area contributed by atoms with Gasteiger partial charge in [-0.15, -0.1) is 11.3 Å². The summed E-state index contributed by atoms with van der Waals surface area (Å²) >= 11 is 1.30. The number of para-hydroxylation sites is 2. The molecule has 0 unspecified atom stereocenters. The topological polar surface area (TPSA) is 99.3 Å².